The maximum absolute atomic E-state index is 12.3. The van der Waals surface area contributed by atoms with Crippen LogP contribution in [-0.2, 0) is 0 Å². The molecule has 2 N–H and O–H groups in total. The van der Waals surface area contributed by atoms with E-state index < -0.39 is 0 Å². The number of carbonyl (C=O) groups is 1. The van der Waals surface area contributed by atoms with Gasteiger partial charge in [0.05, 0.1) is 21.4 Å². The summed E-state index contributed by atoms with van der Waals surface area (Å²) in [4.78, 5) is 20.3. The van der Waals surface area contributed by atoms with Crippen LogP contribution in [0.15, 0.2) is 41.4 Å². The van der Waals surface area contributed by atoms with Crippen LogP contribution in [0.25, 0.3) is 0 Å². The van der Waals surface area contributed by atoms with Gasteiger partial charge in [-0.3, -0.25) is 14.8 Å². The van der Waals surface area contributed by atoms with E-state index in [-0.39, 0.29) is 5.91 Å². The lowest BCUT2D eigenvalue weighted by Crippen LogP contribution is -2.15. The zero-order chi connectivity index (χ0) is 14.4. The first kappa shape index (κ1) is 14.5. The third-order valence-corrected chi connectivity index (χ3v) is 3.28. The molecule has 0 aromatic carbocycles. The van der Waals surface area contributed by atoms with Crippen molar-refractivity contribution in [2.75, 3.05) is 17.2 Å². The zero-order valence-electron chi connectivity index (χ0n) is 11.1. The minimum Gasteiger partial charge on any atom is -0.384 e. The van der Waals surface area contributed by atoms with Gasteiger partial charge in [0.15, 0.2) is 0 Å². The summed E-state index contributed by atoms with van der Waals surface area (Å²) in [6.07, 6.45) is 7.47. The van der Waals surface area contributed by atoms with Crippen molar-refractivity contribution in [3.05, 3.63) is 47.0 Å². The number of rotatable bonds is 5. The highest BCUT2D eigenvalue weighted by atomic mass is 79.9. The van der Waals surface area contributed by atoms with Crippen molar-refractivity contribution in [3.8, 4) is 0 Å². The molecule has 0 saturated heterocycles. The second kappa shape index (κ2) is 7.00. The molecule has 2 rings (SSSR count). The second-order valence-corrected chi connectivity index (χ2v) is 5.01. The van der Waals surface area contributed by atoms with Gasteiger partial charge in [-0.2, -0.15) is 0 Å². The van der Waals surface area contributed by atoms with Gasteiger partial charge in [-0.25, -0.2) is 0 Å². The summed E-state index contributed by atoms with van der Waals surface area (Å²) in [5, 5.41) is 6.06. The molecular formula is C14H15BrN4O. The van der Waals surface area contributed by atoms with E-state index >= 15 is 0 Å². The van der Waals surface area contributed by atoms with Crippen LogP contribution < -0.4 is 10.6 Å². The van der Waals surface area contributed by atoms with Crippen LogP contribution in [0, 0.1) is 0 Å². The van der Waals surface area contributed by atoms with Crippen LogP contribution in [-0.4, -0.2) is 22.4 Å². The Hall–Kier alpha value is -1.95. The minimum atomic E-state index is -0.205. The van der Waals surface area contributed by atoms with Crippen LogP contribution in [0.2, 0.25) is 0 Å². The van der Waals surface area contributed by atoms with Gasteiger partial charge in [0.1, 0.15) is 0 Å². The zero-order valence-corrected chi connectivity index (χ0v) is 12.6. The van der Waals surface area contributed by atoms with E-state index in [2.05, 4.69) is 43.5 Å². The molecule has 2 heterocycles. The van der Waals surface area contributed by atoms with E-state index in [1.165, 1.54) is 0 Å². The predicted octanol–water partition coefficient (Wildman–Crippen LogP) is 3.31. The third-order valence-electron chi connectivity index (χ3n) is 2.65. The fourth-order valence-electron chi connectivity index (χ4n) is 1.66. The number of hydrogen-bond donors (Lipinski definition) is 2. The van der Waals surface area contributed by atoms with Gasteiger partial charge < -0.3 is 10.6 Å². The van der Waals surface area contributed by atoms with Crippen molar-refractivity contribution in [1.82, 2.24) is 9.97 Å². The standard InChI is InChI=1S/C14H15BrN4O/c1-2-5-18-12-3-6-16-8-10(12)14(20)19-13-4-7-17-9-11(13)15/h3-4,6-9H,2,5H2,1H3,(H,16,18)(H,17,19,20). The molecule has 0 atom stereocenters. The molecule has 6 heteroatoms. The number of pyridine rings is 2. The summed E-state index contributed by atoms with van der Waals surface area (Å²) < 4.78 is 0.736. The topological polar surface area (TPSA) is 66.9 Å². The summed E-state index contributed by atoms with van der Waals surface area (Å²) in [5.74, 6) is -0.205. The highest BCUT2D eigenvalue weighted by molar-refractivity contribution is 9.10. The fraction of sp³-hybridized carbons (Fsp3) is 0.214. The number of carbonyl (C=O) groups excluding carboxylic acids is 1. The lowest BCUT2D eigenvalue weighted by molar-refractivity contribution is 0.102. The molecule has 104 valence electrons. The van der Waals surface area contributed by atoms with E-state index in [0.717, 1.165) is 23.1 Å². The average Bonchev–Trinajstić information content (AvgIpc) is 2.47. The van der Waals surface area contributed by atoms with Gasteiger partial charge in [-0.1, -0.05) is 6.92 Å². The first-order valence-corrected chi connectivity index (χ1v) is 7.10. The molecule has 0 fully saturated rings. The number of hydrogen-bond acceptors (Lipinski definition) is 4. The van der Waals surface area contributed by atoms with Gasteiger partial charge in [0.2, 0.25) is 0 Å². The SMILES string of the molecule is CCCNc1ccncc1C(=O)Nc1ccncc1Br. The molecule has 0 aliphatic carbocycles. The maximum atomic E-state index is 12.3. The van der Waals surface area contributed by atoms with Crippen molar-refractivity contribution in [3.63, 3.8) is 0 Å². The third kappa shape index (κ3) is 3.54. The monoisotopic (exact) mass is 334 g/mol. The molecular weight excluding hydrogens is 320 g/mol. The second-order valence-electron chi connectivity index (χ2n) is 4.16. The van der Waals surface area contributed by atoms with E-state index in [1.807, 2.05) is 0 Å². The van der Waals surface area contributed by atoms with Gasteiger partial charge in [-0.15, -0.1) is 0 Å². The number of anilines is 2. The Morgan fingerprint density at radius 2 is 1.90 bits per heavy atom. The number of nitrogens with one attached hydrogen (secondary N) is 2. The molecule has 0 bridgehead atoms. The van der Waals surface area contributed by atoms with E-state index in [0.29, 0.717) is 11.3 Å². The molecule has 1 amide bonds. The lowest BCUT2D eigenvalue weighted by atomic mass is 10.2. The molecule has 0 unspecified atom stereocenters. The molecule has 0 aliphatic rings. The molecule has 2 aromatic heterocycles. The maximum Gasteiger partial charge on any atom is 0.259 e. The summed E-state index contributed by atoms with van der Waals surface area (Å²) in [6, 6.07) is 3.53. The van der Waals surface area contributed by atoms with Crippen molar-refractivity contribution in [2.45, 2.75) is 13.3 Å². The van der Waals surface area contributed by atoms with Crippen LogP contribution in [0.5, 0.6) is 0 Å². The molecule has 0 radical (unpaired) electrons. The van der Waals surface area contributed by atoms with Crippen LogP contribution in [0.4, 0.5) is 11.4 Å². The average molecular weight is 335 g/mol. The van der Waals surface area contributed by atoms with Crippen molar-refractivity contribution in [2.24, 2.45) is 0 Å². The van der Waals surface area contributed by atoms with Crippen molar-refractivity contribution in [1.29, 1.82) is 0 Å². The van der Waals surface area contributed by atoms with Gasteiger partial charge in [-0.05, 0) is 34.5 Å². The smallest absolute Gasteiger partial charge is 0.259 e. The quantitative estimate of drug-likeness (QED) is 0.880. The van der Waals surface area contributed by atoms with Crippen molar-refractivity contribution >= 4 is 33.2 Å². The highest BCUT2D eigenvalue weighted by Crippen LogP contribution is 2.22. The molecule has 5 nitrogen and oxygen atoms in total. The Balaban J connectivity index is 2.19. The number of nitrogens with zero attached hydrogens (tertiary/aromatic N) is 2. The predicted molar refractivity (Wildman–Crippen MR) is 82.9 cm³/mol. The molecule has 0 spiro atoms. The van der Waals surface area contributed by atoms with E-state index in [1.54, 1.807) is 36.9 Å². The Morgan fingerprint density at radius 1 is 1.20 bits per heavy atom. The first-order valence-electron chi connectivity index (χ1n) is 6.31. The van der Waals surface area contributed by atoms with Gasteiger partial charge in [0, 0.05) is 31.3 Å². The Bertz CT molecular complexity index is 603. The van der Waals surface area contributed by atoms with E-state index in [9.17, 15) is 4.79 Å². The molecule has 0 saturated carbocycles. The van der Waals surface area contributed by atoms with Crippen LogP contribution >= 0.6 is 15.9 Å². The molecule has 0 aliphatic heterocycles. The van der Waals surface area contributed by atoms with Crippen LogP contribution in [0.1, 0.15) is 23.7 Å². The number of amides is 1. The largest absolute Gasteiger partial charge is 0.384 e. The fourth-order valence-corrected chi connectivity index (χ4v) is 2.00. The summed E-state index contributed by atoms with van der Waals surface area (Å²) >= 11 is 3.35. The van der Waals surface area contributed by atoms with Gasteiger partial charge >= 0.3 is 0 Å². The lowest BCUT2D eigenvalue weighted by Gasteiger charge is -2.11. The summed E-state index contributed by atoms with van der Waals surface area (Å²) in [6.45, 7) is 2.88. The number of halogens is 1. The molecule has 2 aromatic rings. The minimum absolute atomic E-state index is 0.205. The van der Waals surface area contributed by atoms with Crippen molar-refractivity contribution < 1.29 is 4.79 Å². The van der Waals surface area contributed by atoms with E-state index in [4.69, 9.17) is 0 Å². The Kier molecular flexibility index (Phi) is 5.06. The number of aromatic nitrogens is 2. The normalized spacial score (nSPS) is 10.1. The van der Waals surface area contributed by atoms with Gasteiger partial charge in [0.25, 0.3) is 5.91 Å². The molecule has 20 heavy (non-hydrogen) atoms. The summed E-state index contributed by atoms with van der Waals surface area (Å²) in [5.41, 5.74) is 1.98. The van der Waals surface area contributed by atoms with Crippen LogP contribution in [0.3, 0.4) is 0 Å². The Morgan fingerprint density at radius 3 is 2.60 bits per heavy atom. The Labute approximate surface area is 126 Å². The summed E-state index contributed by atoms with van der Waals surface area (Å²) in [7, 11) is 0. The first-order chi connectivity index (χ1) is 9.72. The highest BCUT2D eigenvalue weighted by Gasteiger charge is 2.12.